The van der Waals surface area contributed by atoms with Crippen molar-refractivity contribution in [2.24, 2.45) is 0 Å². The van der Waals surface area contributed by atoms with E-state index < -0.39 is 6.09 Å². The SMILES string of the molecule is CCN(CC)OC(=O)NC. The molecule has 0 aliphatic carbocycles. The molecule has 4 nitrogen and oxygen atoms in total. The van der Waals surface area contributed by atoms with Gasteiger partial charge in [-0.25, -0.2) is 4.79 Å². The molecule has 0 radical (unpaired) electrons. The molecular formula is C6H14N2O2. The van der Waals surface area contributed by atoms with Crippen molar-refractivity contribution < 1.29 is 9.63 Å². The Hall–Kier alpha value is -0.770. The van der Waals surface area contributed by atoms with Crippen LogP contribution >= 0.6 is 0 Å². The number of carbonyl (C=O) groups is 1. The van der Waals surface area contributed by atoms with E-state index in [-0.39, 0.29) is 0 Å². The Morgan fingerprint density at radius 2 is 2.00 bits per heavy atom. The zero-order valence-electron chi connectivity index (χ0n) is 6.68. The second-order valence-electron chi connectivity index (χ2n) is 1.74. The van der Waals surface area contributed by atoms with Gasteiger partial charge in [-0.15, -0.1) is 5.06 Å². The molecule has 0 aliphatic heterocycles. The molecule has 0 fully saturated rings. The van der Waals surface area contributed by atoms with E-state index in [9.17, 15) is 4.79 Å². The summed E-state index contributed by atoms with van der Waals surface area (Å²) < 4.78 is 0. The van der Waals surface area contributed by atoms with Crippen LogP contribution in [0, 0.1) is 0 Å². The molecule has 1 amide bonds. The third-order valence-electron chi connectivity index (χ3n) is 1.12. The lowest BCUT2D eigenvalue weighted by atomic mass is 10.6. The molecular weight excluding hydrogens is 132 g/mol. The fourth-order valence-electron chi connectivity index (χ4n) is 0.516. The van der Waals surface area contributed by atoms with Crippen molar-refractivity contribution in [2.75, 3.05) is 20.1 Å². The number of nitrogens with zero attached hydrogens (tertiary/aromatic N) is 1. The predicted molar refractivity (Wildman–Crippen MR) is 38.5 cm³/mol. The second-order valence-corrected chi connectivity index (χ2v) is 1.74. The van der Waals surface area contributed by atoms with Crippen LogP contribution in [0.25, 0.3) is 0 Å². The van der Waals surface area contributed by atoms with Gasteiger partial charge in [0.1, 0.15) is 0 Å². The van der Waals surface area contributed by atoms with Gasteiger partial charge in [-0.05, 0) is 13.8 Å². The zero-order chi connectivity index (χ0) is 7.98. The van der Waals surface area contributed by atoms with Crippen LogP contribution in [0.5, 0.6) is 0 Å². The van der Waals surface area contributed by atoms with Gasteiger partial charge in [0, 0.05) is 20.1 Å². The van der Waals surface area contributed by atoms with Crippen LogP contribution in [0.15, 0.2) is 0 Å². The first kappa shape index (κ1) is 9.23. The molecule has 0 aromatic heterocycles. The molecule has 0 heterocycles. The summed E-state index contributed by atoms with van der Waals surface area (Å²) in [5.74, 6) is 0. The quantitative estimate of drug-likeness (QED) is 0.593. The Morgan fingerprint density at radius 1 is 1.50 bits per heavy atom. The minimum atomic E-state index is -0.413. The molecule has 0 saturated carbocycles. The van der Waals surface area contributed by atoms with Crippen molar-refractivity contribution in [1.29, 1.82) is 0 Å². The average molecular weight is 146 g/mol. The highest BCUT2D eigenvalue weighted by atomic mass is 16.7. The summed E-state index contributed by atoms with van der Waals surface area (Å²) >= 11 is 0. The van der Waals surface area contributed by atoms with E-state index in [1.807, 2.05) is 13.8 Å². The van der Waals surface area contributed by atoms with Crippen LogP contribution in [0.1, 0.15) is 13.8 Å². The van der Waals surface area contributed by atoms with Gasteiger partial charge >= 0.3 is 6.09 Å². The van der Waals surface area contributed by atoms with E-state index in [0.717, 1.165) is 0 Å². The zero-order valence-corrected chi connectivity index (χ0v) is 6.68. The lowest BCUT2D eigenvalue weighted by molar-refractivity contribution is -0.0911. The number of amides is 1. The van der Waals surface area contributed by atoms with E-state index in [2.05, 4.69) is 5.32 Å². The molecule has 10 heavy (non-hydrogen) atoms. The smallest absolute Gasteiger partial charge is 0.351 e. The fourth-order valence-corrected chi connectivity index (χ4v) is 0.516. The Labute approximate surface area is 61.1 Å². The molecule has 60 valence electrons. The summed E-state index contributed by atoms with van der Waals surface area (Å²) in [6, 6.07) is 0. The summed E-state index contributed by atoms with van der Waals surface area (Å²) in [4.78, 5) is 15.3. The van der Waals surface area contributed by atoms with E-state index >= 15 is 0 Å². The molecule has 1 N–H and O–H groups in total. The average Bonchev–Trinajstić information content (AvgIpc) is 1.99. The maximum atomic E-state index is 10.6. The van der Waals surface area contributed by atoms with Gasteiger partial charge < -0.3 is 10.2 Å². The minimum Gasteiger partial charge on any atom is -0.351 e. The highest BCUT2D eigenvalue weighted by molar-refractivity contribution is 5.66. The van der Waals surface area contributed by atoms with Crippen LogP contribution in [0.2, 0.25) is 0 Å². The molecule has 0 unspecified atom stereocenters. The number of hydroxylamine groups is 2. The minimum absolute atomic E-state index is 0.413. The fraction of sp³-hybridized carbons (Fsp3) is 0.833. The molecule has 0 bridgehead atoms. The van der Waals surface area contributed by atoms with Crippen LogP contribution in [-0.4, -0.2) is 31.3 Å². The summed E-state index contributed by atoms with van der Waals surface area (Å²) in [6.07, 6.45) is -0.413. The molecule has 0 atom stereocenters. The molecule has 0 saturated heterocycles. The highest BCUT2D eigenvalue weighted by Crippen LogP contribution is 1.88. The Balaban J connectivity index is 3.52. The molecule has 0 aromatic carbocycles. The van der Waals surface area contributed by atoms with E-state index in [1.165, 1.54) is 7.05 Å². The first-order chi connectivity index (χ1) is 4.74. The Bertz CT molecular complexity index is 102. The van der Waals surface area contributed by atoms with Gasteiger partial charge in [-0.2, -0.15) is 0 Å². The van der Waals surface area contributed by atoms with Gasteiger partial charge in [-0.1, -0.05) is 0 Å². The van der Waals surface area contributed by atoms with Crippen LogP contribution in [-0.2, 0) is 4.84 Å². The van der Waals surface area contributed by atoms with Crippen molar-refractivity contribution in [2.45, 2.75) is 13.8 Å². The normalized spacial score (nSPS) is 9.60. The van der Waals surface area contributed by atoms with Crippen molar-refractivity contribution >= 4 is 6.09 Å². The number of nitrogens with one attached hydrogen (secondary N) is 1. The van der Waals surface area contributed by atoms with Crippen LogP contribution in [0.4, 0.5) is 4.79 Å². The number of hydrogen-bond acceptors (Lipinski definition) is 3. The molecule has 0 aromatic rings. The van der Waals surface area contributed by atoms with Gasteiger partial charge in [0.05, 0.1) is 0 Å². The van der Waals surface area contributed by atoms with Crippen LogP contribution in [0.3, 0.4) is 0 Å². The molecule has 0 rings (SSSR count). The first-order valence-electron chi connectivity index (χ1n) is 3.39. The van der Waals surface area contributed by atoms with Gasteiger partial charge in [0.25, 0.3) is 0 Å². The second kappa shape index (κ2) is 5.05. The first-order valence-corrected chi connectivity index (χ1v) is 3.39. The predicted octanol–water partition coefficient (Wildman–Crippen LogP) is 0.599. The topological polar surface area (TPSA) is 41.6 Å². The number of carbonyl (C=O) groups excluding carboxylic acids is 1. The number of rotatable bonds is 3. The monoisotopic (exact) mass is 146 g/mol. The van der Waals surface area contributed by atoms with Crippen molar-refractivity contribution in [3.63, 3.8) is 0 Å². The summed E-state index contributed by atoms with van der Waals surface area (Å²) in [5, 5.41) is 3.93. The van der Waals surface area contributed by atoms with Crippen molar-refractivity contribution in [3.8, 4) is 0 Å². The standard InChI is InChI=1S/C6H14N2O2/c1-4-8(5-2)10-6(9)7-3/h4-5H2,1-3H3,(H,7,9). The van der Waals surface area contributed by atoms with E-state index in [4.69, 9.17) is 4.84 Å². The third kappa shape index (κ3) is 3.29. The Morgan fingerprint density at radius 3 is 2.30 bits per heavy atom. The molecule has 4 heteroatoms. The molecule has 0 spiro atoms. The van der Waals surface area contributed by atoms with Crippen molar-refractivity contribution in [1.82, 2.24) is 10.4 Å². The molecule has 0 aliphatic rings. The van der Waals surface area contributed by atoms with E-state index in [0.29, 0.717) is 13.1 Å². The highest BCUT2D eigenvalue weighted by Gasteiger charge is 2.03. The van der Waals surface area contributed by atoms with Gasteiger partial charge in [0.2, 0.25) is 0 Å². The van der Waals surface area contributed by atoms with E-state index in [1.54, 1.807) is 5.06 Å². The summed E-state index contributed by atoms with van der Waals surface area (Å²) in [7, 11) is 1.53. The summed E-state index contributed by atoms with van der Waals surface area (Å²) in [6.45, 7) is 5.27. The lowest BCUT2D eigenvalue weighted by Gasteiger charge is -2.15. The third-order valence-corrected chi connectivity index (χ3v) is 1.12. The van der Waals surface area contributed by atoms with Gasteiger partial charge in [0.15, 0.2) is 0 Å². The largest absolute Gasteiger partial charge is 0.426 e. The maximum Gasteiger partial charge on any atom is 0.426 e. The van der Waals surface area contributed by atoms with Gasteiger partial charge in [-0.3, -0.25) is 0 Å². The lowest BCUT2D eigenvalue weighted by Crippen LogP contribution is -2.31. The number of hydrogen-bond donors (Lipinski definition) is 1. The van der Waals surface area contributed by atoms with Crippen LogP contribution < -0.4 is 5.32 Å². The maximum absolute atomic E-state index is 10.6. The Kier molecular flexibility index (Phi) is 4.66. The summed E-state index contributed by atoms with van der Waals surface area (Å²) in [5.41, 5.74) is 0. The van der Waals surface area contributed by atoms with Crippen molar-refractivity contribution in [3.05, 3.63) is 0 Å².